The molecule has 4 heterocycles. The summed E-state index contributed by atoms with van der Waals surface area (Å²) in [5.41, 5.74) is -0.679. The van der Waals surface area contributed by atoms with Crippen molar-refractivity contribution < 1.29 is 18.8 Å². The SMILES string of the molecule is CC(C)(Oc1ccc(Cl)cc1Cl)C(=O)NC1C[C@H]2CC[C@@H](C1)N2c1ccc(C(=O)Nc2ccon2)cn1. The maximum Gasteiger partial charge on any atom is 0.263 e. The number of pyridine rings is 1. The van der Waals surface area contributed by atoms with Crippen LogP contribution in [-0.2, 0) is 4.79 Å². The van der Waals surface area contributed by atoms with Gasteiger partial charge in [-0.25, -0.2) is 4.98 Å². The third-order valence-electron chi connectivity index (χ3n) is 6.83. The number of aromatic nitrogens is 2. The van der Waals surface area contributed by atoms with Crippen molar-refractivity contribution in [1.29, 1.82) is 0 Å². The number of benzene rings is 1. The fourth-order valence-electron chi connectivity index (χ4n) is 5.05. The second kappa shape index (κ2) is 10.2. The van der Waals surface area contributed by atoms with Crippen LogP contribution in [0.2, 0.25) is 10.0 Å². The molecule has 2 aliphatic heterocycles. The molecule has 2 amide bonds. The van der Waals surface area contributed by atoms with Gasteiger partial charge in [0.1, 0.15) is 17.8 Å². The van der Waals surface area contributed by atoms with Gasteiger partial charge < -0.3 is 24.8 Å². The van der Waals surface area contributed by atoms with E-state index in [9.17, 15) is 9.59 Å². The van der Waals surface area contributed by atoms with E-state index in [1.807, 2.05) is 6.07 Å². The first-order chi connectivity index (χ1) is 17.7. The number of ether oxygens (including phenoxy) is 1. The van der Waals surface area contributed by atoms with E-state index in [4.69, 9.17) is 32.5 Å². The molecular weight excluding hydrogens is 517 g/mol. The molecule has 3 atom stereocenters. The monoisotopic (exact) mass is 543 g/mol. The Labute approximate surface area is 224 Å². The molecule has 0 saturated carbocycles. The summed E-state index contributed by atoms with van der Waals surface area (Å²) in [6.07, 6.45) is 6.61. The van der Waals surface area contributed by atoms with Crippen LogP contribution in [0.4, 0.5) is 11.6 Å². The second-order valence-electron chi connectivity index (χ2n) is 9.87. The lowest BCUT2D eigenvalue weighted by Gasteiger charge is -2.40. The number of halogens is 2. The van der Waals surface area contributed by atoms with Gasteiger partial charge in [0, 0.05) is 35.4 Å². The molecule has 3 aromatic rings. The highest BCUT2D eigenvalue weighted by atomic mass is 35.5. The average molecular weight is 544 g/mol. The van der Waals surface area contributed by atoms with Crippen LogP contribution in [0.1, 0.15) is 49.9 Å². The van der Waals surface area contributed by atoms with Gasteiger partial charge in [-0.1, -0.05) is 28.4 Å². The lowest BCUT2D eigenvalue weighted by Crippen LogP contribution is -2.55. The second-order valence-corrected chi connectivity index (χ2v) is 10.7. The zero-order valence-electron chi connectivity index (χ0n) is 20.4. The van der Waals surface area contributed by atoms with E-state index >= 15 is 0 Å². The molecule has 2 aromatic heterocycles. The molecule has 2 fully saturated rings. The van der Waals surface area contributed by atoms with Crippen LogP contribution in [0.25, 0.3) is 0 Å². The summed E-state index contributed by atoms with van der Waals surface area (Å²) in [5, 5.41) is 10.4. The topological polar surface area (TPSA) is 110 Å². The van der Waals surface area contributed by atoms with Crippen LogP contribution in [0.15, 0.2) is 53.4 Å². The Morgan fingerprint density at radius 3 is 2.49 bits per heavy atom. The number of carbonyl (C=O) groups excluding carboxylic acids is 2. The van der Waals surface area contributed by atoms with Gasteiger partial charge >= 0.3 is 0 Å². The minimum atomic E-state index is -1.11. The van der Waals surface area contributed by atoms with Crippen LogP contribution in [0.3, 0.4) is 0 Å². The standard InChI is InChI=1S/C26H27Cl2N5O4/c1-26(2,37-21-7-4-16(27)11-20(21)28)25(35)30-17-12-18-5-6-19(13-17)33(18)23-8-3-15(14-29-23)24(34)31-22-9-10-36-32-22/h3-4,7-11,14,17-19H,5-6,12-13H2,1-2H3,(H,30,35)(H,31,32,34)/t17?,18-,19+. The van der Waals surface area contributed by atoms with Crippen molar-refractivity contribution in [2.24, 2.45) is 0 Å². The molecule has 2 saturated heterocycles. The van der Waals surface area contributed by atoms with Crippen LogP contribution in [0.5, 0.6) is 5.75 Å². The summed E-state index contributed by atoms with van der Waals surface area (Å²) in [6, 6.07) is 10.6. The Hall–Kier alpha value is -3.30. The van der Waals surface area contributed by atoms with Crippen LogP contribution < -0.4 is 20.3 Å². The fraction of sp³-hybridized carbons (Fsp3) is 0.385. The summed E-state index contributed by atoms with van der Waals surface area (Å²) in [7, 11) is 0. The van der Waals surface area contributed by atoms with Crippen molar-refractivity contribution in [1.82, 2.24) is 15.5 Å². The number of piperidine rings is 1. The maximum atomic E-state index is 13.1. The summed E-state index contributed by atoms with van der Waals surface area (Å²) in [6.45, 7) is 3.45. The van der Waals surface area contributed by atoms with Crippen molar-refractivity contribution in [2.75, 3.05) is 10.2 Å². The molecule has 2 aliphatic rings. The number of nitrogens with zero attached hydrogens (tertiary/aromatic N) is 3. The van der Waals surface area contributed by atoms with Crippen molar-refractivity contribution in [3.05, 3.63) is 64.5 Å². The first-order valence-electron chi connectivity index (χ1n) is 12.1. The Morgan fingerprint density at radius 2 is 1.86 bits per heavy atom. The van der Waals surface area contributed by atoms with Crippen LogP contribution in [0, 0.1) is 0 Å². The zero-order chi connectivity index (χ0) is 26.2. The van der Waals surface area contributed by atoms with Gasteiger partial charge in [0.2, 0.25) is 0 Å². The van der Waals surface area contributed by atoms with E-state index in [1.165, 1.54) is 6.26 Å². The molecule has 0 aliphatic carbocycles. The Kier molecular flexibility index (Phi) is 7.00. The van der Waals surface area contributed by atoms with E-state index < -0.39 is 5.60 Å². The smallest absolute Gasteiger partial charge is 0.263 e. The third kappa shape index (κ3) is 5.52. The number of rotatable bonds is 7. The lowest BCUT2D eigenvalue weighted by atomic mass is 9.96. The van der Waals surface area contributed by atoms with Gasteiger partial charge in [0.15, 0.2) is 11.4 Å². The largest absolute Gasteiger partial charge is 0.476 e. The number of nitrogens with one attached hydrogen (secondary N) is 2. The fourth-order valence-corrected chi connectivity index (χ4v) is 5.49. The number of hydrogen-bond donors (Lipinski definition) is 2. The number of anilines is 2. The molecule has 2 bridgehead atoms. The molecule has 2 N–H and O–H groups in total. The summed E-state index contributed by atoms with van der Waals surface area (Å²) >= 11 is 12.2. The highest BCUT2D eigenvalue weighted by Gasteiger charge is 2.43. The molecule has 9 nitrogen and oxygen atoms in total. The van der Waals surface area contributed by atoms with Crippen molar-refractivity contribution in [3.8, 4) is 5.75 Å². The highest BCUT2D eigenvalue weighted by Crippen LogP contribution is 2.39. The van der Waals surface area contributed by atoms with Gasteiger partial charge in [-0.05, 0) is 69.9 Å². The van der Waals surface area contributed by atoms with Gasteiger partial charge in [-0.15, -0.1) is 0 Å². The molecule has 11 heteroatoms. The van der Waals surface area contributed by atoms with Crippen molar-refractivity contribution >= 4 is 46.7 Å². The molecule has 37 heavy (non-hydrogen) atoms. The minimum absolute atomic E-state index is 0.0253. The first kappa shape index (κ1) is 25.4. The number of hydrogen-bond acceptors (Lipinski definition) is 7. The quantitative estimate of drug-likeness (QED) is 0.426. The number of fused-ring (bicyclic) bond motifs is 2. The summed E-state index contributed by atoms with van der Waals surface area (Å²) < 4.78 is 10.7. The van der Waals surface area contributed by atoms with E-state index in [-0.39, 0.29) is 29.9 Å². The molecule has 5 rings (SSSR count). The number of amides is 2. The Morgan fingerprint density at radius 1 is 1.11 bits per heavy atom. The van der Waals surface area contributed by atoms with Gasteiger partial charge in [-0.3, -0.25) is 9.59 Å². The molecule has 1 unspecified atom stereocenters. The average Bonchev–Trinajstić information content (AvgIpc) is 3.46. The van der Waals surface area contributed by atoms with E-state index in [0.717, 1.165) is 31.5 Å². The maximum absolute atomic E-state index is 13.1. The molecule has 1 aromatic carbocycles. The summed E-state index contributed by atoms with van der Waals surface area (Å²) in [4.78, 5) is 32.4. The van der Waals surface area contributed by atoms with E-state index in [1.54, 1.807) is 50.4 Å². The predicted molar refractivity (Wildman–Crippen MR) is 140 cm³/mol. The Bertz CT molecular complexity index is 1270. The van der Waals surface area contributed by atoms with Gasteiger partial charge in [0.05, 0.1) is 10.6 Å². The van der Waals surface area contributed by atoms with E-state index in [2.05, 4.69) is 25.7 Å². The lowest BCUT2D eigenvalue weighted by molar-refractivity contribution is -0.135. The van der Waals surface area contributed by atoms with Gasteiger partial charge in [-0.2, -0.15) is 0 Å². The predicted octanol–water partition coefficient (Wildman–Crippen LogP) is 5.10. The molecular formula is C26H27Cl2N5O4. The van der Waals surface area contributed by atoms with Crippen LogP contribution in [-0.4, -0.2) is 45.7 Å². The third-order valence-corrected chi connectivity index (χ3v) is 7.36. The zero-order valence-corrected chi connectivity index (χ0v) is 21.9. The number of carbonyl (C=O) groups is 2. The van der Waals surface area contributed by atoms with Gasteiger partial charge in [0.25, 0.3) is 11.8 Å². The van der Waals surface area contributed by atoms with Crippen molar-refractivity contribution in [3.63, 3.8) is 0 Å². The van der Waals surface area contributed by atoms with E-state index in [0.29, 0.717) is 27.2 Å². The molecule has 0 spiro atoms. The van der Waals surface area contributed by atoms with Crippen molar-refractivity contribution in [2.45, 2.75) is 63.3 Å². The molecule has 194 valence electrons. The highest BCUT2D eigenvalue weighted by molar-refractivity contribution is 6.35. The normalized spacial score (nSPS) is 21.0. The first-order valence-corrected chi connectivity index (χ1v) is 12.9. The Balaban J connectivity index is 1.20. The minimum Gasteiger partial charge on any atom is -0.476 e. The van der Waals surface area contributed by atoms with Crippen LogP contribution >= 0.6 is 23.2 Å². The summed E-state index contributed by atoms with van der Waals surface area (Å²) in [5.74, 6) is 1.08. The molecule has 0 radical (unpaired) electrons.